The van der Waals surface area contributed by atoms with Crippen LogP contribution in [0.2, 0.25) is 0 Å². The normalized spacial score (nSPS) is 10.5. The number of nitrogen functional groups attached to an aromatic ring is 1. The molecule has 138 valence electrons. The van der Waals surface area contributed by atoms with E-state index in [0.29, 0.717) is 16.8 Å². The first kappa shape index (κ1) is 18.9. The van der Waals surface area contributed by atoms with Gasteiger partial charge in [-0.3, -0.25) is 9.59 Å². The van der Waals surface area contributed by atoms with Gasteiger partial charge in [0.05, 0.1) is 11.4 Å². The van der Waals surface area contributed by atoms with E-state index in [1.807, 2.05) is 35.7 Å². The van der Waals surface area contributed by atoms with Crippen molar-refractivity contribution in [3.63, 3.8) is 0 Å². The molecule has 1 amide bonds. The molecule has 0 atom stereocenters. The second kappa shape index (κ2) is 8.65. The van der Waals surface area contributed by atoms with E-state index < -0.39 is 5.56 Å². The minimum Gasteiger partial charge on any atom is -0.385 e. The Kier molecular flexibility index (Phi) is 6.05. The zero-order valence-corrected chi connectivity index (χ0v) is 15.9. The third-order valence-electron chi connectivity index (χ3n) is 3.48. The molecule has 0 spiro atoms. The van der Waals surface area contributed by atoms with Gasteiger partial charge in [-0.1, -0.05) is 48.2 Å². The molecule has 1 aromatic carbocycles. The molecule has 0 saturated carbocycles. The van der Waals surface area contributed by atoms with Crippen LogP contribution in [-0.4, -0.2) is 26.2 Å². The van der Waals surface area contributed by atoms with Crippen LogP contribution in [0.1, 0.15) is 0 Å². The number of benzene rings is 1. The molecule has 3 rings (SSSR count). The topological polar surface area (TPSA) is 103 Å². The largest absolute Gasteiger partial charge is 0.385 e. The number of carbonyl (C=O) groups is 1. The molecule has 0 bridgehead atoms. The number of nitrogens with one attached hydrogen (secondary N) is 1. The van der Waals surface area contributed by atoms with Crippen LogP contribution < -0.4 is 16.6 Å². The van der Waals surface area contributed by atoms with E-state index in [1.165, 1.54) is 17.4 Å². The lowest BCUT2D eigenvalue weighted by Gasteiger charge is -2.12. The molecular formula is C18H17N5O2S2. The van der Waals surface area contributed by atoms with Crippen LogP contribution in [0.15, 0.2) is 64.4 Å². The molecule has 9 heteroatoms. The van der Waals surface area contributed by atoms with Crippen molar-refractivity contribution < 1.29 is 4.79 Å². The van der Waals surface area contributed by atoms with Crippen LogP contribution in [0.25, 0.3) is 11.3 Å². The average Bonchev–Trinajstić information content (AvgIpc) is 3.11. The number of nitrogens with two attached hydrogens (primary N) is 1. The molecule has 0 saturated heterocycles. The van der Waals surface area contributed by atoms with E-state index >= 15 is 0 Å². The Labute approximate surface area is 164 Å². The van der Waals surface area contributed by atoms with Gasteiger partial charge in [-0.25, -0.2) is 4.98 Å². The van der Waals surface area contributed by atoms with Crippen LogP contribution >= 0.6 is 23.1 Å². The molecule has 0 radical (unpaired) electrons. The van der Waals surface area contributed by atoms with Gasteiger partial charge in [0.25, 0.3) is 5.56 Å². The Hall–Kier alpha value is -2.91. The lowest BCUT2D eigenvalue weighted by Crippen LogP contribution is -2.19. The van der Waals surface area contributed by atoms with Gasteiger partial charge < -0.3 is 15.6 Å². The minimum atomic E-state index is -0.442. The molecule has 0 unspecified atom stereocenters. The van der Waals surface area contributed by atoms with E-state index in [4.69, 9.17) is 5.73 Å². The van der Waals surface area contributed by atoms with Gasteiger partial charge in [-0.05, 0) is 0 Å². The molecule has 27 heavy (non-hydrogen) atoms. The number of carbonyl (C=O) groups excluding carboxylic acids is 1. The van der Waals surface area contributed by atoms with Gasteiger partial charge in [0.1, 0.15) is 5.82 Å². The highest BCUT2D eigenvalue weighted by atomic mass is 32.2. The van der Waals surface area contributed by atoms with E-state index in [1.54, 1.807) is 10.6 Å². The number of nitrogens with zero attached hydrogens (tertiary/aromatic N) is 3. The Morgan fingerprint density at radius 3 is 2.85 bits per heavy atom. The van der Waals surface area contributed by atoms with Crippen molar-refractivity contribution in [1.29, 1.82) is 0 Å². The molecule has 3 aromatic rings. The summed E-state index contributed by atoms with van der Waals surface area (Å²) in [6.45, 7) is 4.06. The molecule has 2 heterocycles. The number of thioether (sulfide) groups is 1. The number of hydrogen-bond acceptors (Lipinski definition) is 7. The third kappa shape index (κ3) is 4.83. The summed E-state index contributed by atoms with van der Waals surface area (Å²) in [5, 5.41) is 5.54. The smallest absolute Gasteiger partial charge is 0.275 e. The molecule has 0 aliphatic carbocycles. The SMILES string of the molecule is C=CCn1c(N)cc(=O)nc1SCC(=O)Nc1nc(-c2ccccc2)cs1. The Morgan fingerprint density at radius 2 is 2.11 bits per heavy atom. The maximum Gasteiger partial charge on any atom is 0.275 e. The van der Waals surface area contributed by atoms with E-state index in [2.05, 4.69) is 21.9 Å². The summed E-state index contributed by atoms with van der Waals surface area (Å²) >= 11 is 2.49. The summed E-state index contributed by atoms with van der Waals surface area (Å²) < 4.78 is 1.63. The monoisotopic (exact) mass is 399 g/mol. The first-order valence-corrected chi connectivity index (χ1v) is 9.85. The second-order valence-electron chi connectivity index (χ2n) is 5.44. The van der Waals surface area contributed by atoms with Crippen LogP contribution in [0.4, 0.5) is 10.9 Å². The van der Waals surface area contributed by atoms with Gasteiger partial charge in [0.2, 0.25) is 5.91 Å². The van der Waals surface area contributed by atoms with Crippen LogP contribution in [0.3, 0.4) is 0 Å². The summed E-state index contributed by atoms with van der Waals surface area (Å²) in [7, 11) is 0. The van der Waals surface area contributed by atoms with Crippen molar-refractivity contribution in [2.75, 3.05) is 16.8 Å². The molecule has 0 aliphatic rings. The van der Waals surface area contributed by atoms with Crippen molar-refractivity contribution in [3.8, 4) is 11.3 Å². The van der Waals surface area contributed by atoms with Gasteiger partial charge in [0, 0.05) is 23.6 Å². The minimum absolute atomic E-state index is 0.0767. The number of aromatic nitrogens is 3. The Bertz CT molecular complexity index is 1010. The highest BCUT2D eigenvalue weighted by molar-refractivity contribution is 7.99. The van der Waals surface area contributed by atoms with Crippen LogP contribution in [-0.2, 0) is 11.3 Å². The zero-order chi connectivity index (χ0) is 19.2. The summed E-state index contributed by atoms with van der Waals surface area (Å²) in [6.07, 6.45) is 1.65. The van der Waals surface area contributed by atoms with Gasteiger partial charge in [-0.2, -0.15) is 4.98 Å². The fourth-order valence-corrected chi connectivity index (χ4v) is 3.84. The number of thiazole rings is 1. The average molecular weight is 400 g/mol. The summed E-state index contributed by atoms with van der Waals surface area (Å²) in [5.74, 6) is 0.119. The van der Waals surface area contributed by atoms with Crippen molar-refractivity contribution in [2.24, 2.45) is 0 Å². The lowest BCUT2D eigenvalue weighted by molar-refractivity contribution is -0.113. The molecule has 3 N–H and O–H groups in total. The van der Waals surface area contributed by atoms with Gasteiger partial charge in [0.15, 0.2) is 10.3 Å². The standard InChI is InChI=1S/C18H17N5O2S2/c1-2-8-23-14(19)9-15(24)22-18(23)27-11-16(25)21-17-20-13(10-26-17)12-6-4-3-5-7-12/h2-7,9-10H,1,8,11,19H2,(H,20,21,25). The fourth-order valence-electron chi connectivity index (χ4n) is 2.28. The lowest BCUT2D eigenvalue weighted by atomic mass is 10.2. The Morgan fingerprint density at radius 1 is 1.33 bits per heavy atom. The van der Waals surface area contributed by atoms with Crippen molar-refractivity contribution in [2.45, 2.75) is 11.7 Å². The second-order valence-corrected chi connectivity index (χ2v) is 7.24. The predicted molar refractivity (Wildman–Crippen MR) is 110 cm³/mol. The highest BCUT2D eigenvalue weighted by Gasteiger charge is 2.12. The van der Waals surface area contributed by atoms with E-state index in [0.717, 1.165) is 23.0 Å². The highest BCUT2D eigenvalue weighted by Crippen LogP contribution is 2.25. The number of amides is 1. The van der Waals surface area contributed by atoms with Crippen LogP contribution in [0, 0.1) is 0 Å². The quantitative estimate of drug-likeness (QED) is 0.360. The number of anilines is 2. The molecule has 7 nitrogen and oxygen atoms in total. The van der Waals surface area contributed by atoms with E-state index in [9.17, 15) is 9.59 Å². The van der Waals surface area contributed by atoms with Crippen LogP contribution in [0.5, 0.6) is 0 Å². The van der Waals surface area contributed by atoms with Crippen molar-refractivity contribution >= 4 is 40.0 Å². The predicted octanol–water partition coefficient (Wildman–Crippen LogP) is 2.87. The molecule has 2 aromatic heterocycles. The molecular weight excluding hydrogens is 382 g/mol. The zero-order valence-electron chi connectivity index (χ0n) is 14.3. The number of hydrogen-bond donors (Lipinski definition) is 2. The van der Waals surface area contributed by atoms with Crippen molar-refractivity contribution in [3.05, 3.63) is 64.8 Å². The molecule has 0 fully saturated rings. The summed E-state index contributed by atoms with van der Waals surface area (Å²) in [5.41, 5.74) is 7.20. The third-order valence-corrected chi connectivity index (χ3v) is 5.22. The Balaban J connectivity index is 1.65. The maximum atomic E-state index is 12.2. The summed E-state index contributed by atoms with van der Waals surface area (Å²) in [6, 6.07) is 11.0. The molecule has 0 aliphatic heterocycles. The summed E-state index contributed by atoms with van der Waals surface area (Å²) in [4.78, 5) is 32.2. The number of rotatable bonds is 7. The maximum absolute atomic E-state index is 12.2. The number of allylic oxidation sites excluding steroid dienone is 1. The van der Waals surface area contributed by atoms with Crippen molar-refractivity contribution in [1.82, 2.24) is 14.5 Å². The fraction of sp³-hybridized carbons (Fsp3) is 0.111. The van der Waals surface area contributed by atoms with Gasteiger partial charge in [-0.15, -0.1) is 17.9 Å². The first-order valence-electron chi connectivity index (χ1n) is 7.98. The van der Waals surface area contributed by atoms with E-state index in [-0.39, 0.29) is 17.5 Å². The van der Waals surface area contributed by atoms with Gasteiger partial charge >= 0.3 is 0 Å². The first-order chi connectivity index (χ1) is 13.1.